The van der Waals surface area contributed by atoms with Crippen LogP contribution in [0.2, 0.25) is 0 Å². The van der Waals surface area contributed by atoms with E-state index in [1.165, 1.54) is 6.33 Å². The van der Waals surface area contributed by atoms with Crippen LogP contribution in [0.3, 0.4) is 0 Å². The number of hydrogen-bond acceptors (Lipinski definition) is 11. The van der Waals surface area contributed by atoms with Crippen molar-refractivity contribution in [2.75, 3.05) is 46.5 Å². The largest absolute Gasteiger partial charge is 0.497 e. The van der Waals surface area contributed by atoms with Gasteiger partial charge in [0, 0.05) is 13.0 Å². The minimum absolute atomic E-state index is 0.0294. The third-order valence-corrected chi connectivity index (χ3v) is 9.02. The zero-order valence-corrected chi connectivity index (χ0v) is 29.6. The molecule has 274 valence electrons. The lowest BCUT2D eigenvalue weighted by molar-refractivity contribution is -0.129. The number of ether oxygens (including phenoxy) is 6. The summed E-state index contributed by atoms with van der Waals surface area (Å²) in [7, 11) is 4.77. The van der Waals surface area contributed by atoms with Crippen molar-refractivity contribution in [1.29, 1.82) is 0 Å². The van der Waals surface area contributed by atoms with Gasteiger partial charge in [-0.25, -0.2) is 4.98 Å². The van der Waals surface area contributed by atoms with E-state index < -0.39 is 42.3 Å². The number of nitrogens with zero attached hydrogens (tertiary/aromatic N) is 3. The van der Waals surface area contributed by atoms with Crippen LogP contribution >= 0.6 is 0 Å². The van der Waals surface area contributed by atoms with Gasteiger partial charge in [-0.1, -0.05) is 68.4 Å². The SMILES string of the molecule is COCCOC1[C@@H](OC(c2ccccc2)(c2ccc(OC)cc2)c2ccc(OC)cc2)[C@@H](CO)O[C@H]1n1cnc2c(=O)[nH]c(NC(=O)C(C)C)nc21. The number of fused-ring (bicyclic) bond motifs is 1. The van der Waals surface area contributed by atoms with Crippen LogP contribution in [0, 0.1) is 5.92 Å². The molecule has 14 nitrogen and oxygen atoms in total. The Kier molecular flexibility index (Phi) is 11.3. The Morgan fingerprint density at radius 2 is 1.54 bits per heavy atom. The van der Waals surface area contributed by atoms with Gasteiger partial charge in [0.1, 0.15) is 35.4 Å². The molecule has 2 aromatic heterocycles. The van der Waals surface area contributed by atoms with Gasteiger partial charge in [-0.2, -0.15) is 4.98 Å². The molecular weight excluding hydrogens is 670 g/mol. The Morgan fingerprint density at radius 1 is 0.923 bits per heavy atom. The molecule has 3 heterocycles. The monoisotopic (exact) mass is 713 g/mol. The number of nitrogens with one attached hydrogen (secondary N) is 2. The first-order valence-corrected chi connectivity index (χ1v) is 16.9. The second kappa shape index (κ2) is 16.0. The number of hydrogen-bond donors (Lipinski definition) is 3. The smallest absolute Gasteiger partial charge is 0.280 e. The quantitative estimate of drug-likeness (QED) is 0.106. The molecule has 6 rings (SSSR count). The second-order valence-corrected chi connectivity index (χ2v) is 12.5. The fourth-order valence-corrected chi connectivity index (χ4v) is 6.33. The lowest BCUT2D eigenvalue weighted by Gasteiger charge is -2.40. The third kappa shape index (κ3) is 7.16. The van der Waals surface area contributed by atoms with Gasteiger partial charge in [0.05, 0.1) is 40.4 Å². The molecular formula is C38H43N5O9. The molecule has 0 radical (unpaired) electrons. The molecule has 0 spiro atoms. The maximum Gasteiger partial charge on any atom is 0.280 e. The number of aromatic nitrogens is 4. The summed E-state index contributed by atoms with van der Waals surface area (Å²) in [5, 5.41) is 13.5. The topological polar surface area (TPSA) is 168 Å². The van der Waals surface area contributed by atoms with Gasteiger partial charge in [0.2, 0.25) is 11.9 Å². The number of carbonyl (C=O) groups is 1. The van der Waals surface area contributed by atoms with Crippen molar-refractivity contribution in [2.45, 2.75) is 44.0 Å². The van der Waals surface area contributed by atoms with Crippen LogP contribution in [-0.2, 0) is 29.3 Å². The van der Waals surface area contributed by atoms with E-state index in [9.17, 15) is 14.7 Å². The van der Waals surface area contributed by atoms with Gasteiger partial charge in [-0.3, -0.25) is 24.5 Å². The number of benzene rings is 3. The molecule has 0 bridgehead atoms. The summed E-state index contributed by atoms with van der Waals surface area (Å²) < 4.78 is 38.3. The molecule has 1 aliphatic heterocycles. The van der Waals surface area contributed by atoms with Crippen LogP contribution in [0.15, 0.2) is 90.0 Å². The number of H-pyrrole nitrogens is 1. The van der Waals surface area contributed by atoms with Crippen molar-refractivity contribution in [3.63, 3.8) is 0 Å². The minimum Gasteiger partial charge on any atom is -0.497 e. The number of aliphatic hydroxyl groups excluding tert-OH is 1. The van der Waals surface area contributed by atoms with Crippen molar-refractivity contribution >= 4 is 23.0 Å². The summed E-state index contributed by atoms with van der Waals surface area (Å²) in [6, 6.07) is 24.9. The summed E-state index contributed by atoms with van der Waals surface area (Å²) in [6.07, 6.45) is -2.29. The molecule has 1 amide bonds. The first kappa shape index (κ1) is 36.7. The Labute approximate surface area is 300 Å². The number of anilines is 1. The summed E-state index contributed by atoms with van der Waals surface area (Å²) in [6.45, 7) is 3.44. The number of rotatable bonds is 15. The van der Waals surface area contributed by atoms with Gasteiger partial charge in [-0.05, 0) is 41.0 Å². The van der Waals surface area contributed by atoms with Crippen LogP contribution in [-0.4, -0.2) is 90.0 Å². The Bertz CT molecular complexity index is 1950. The van der Waals surface area contributed by atoms with Gasteiger partial charge >= 0.3 is 0 Å². The van der Waals surface area contributed by atoms with Crippen LogP contribution in [0.25, 0.3) is 11.2 Å². The van der Waals surface area contributed by atoms with Gasteiger partial charge in [0.25, 0.3) is 5.56 Å². The van der Waals surface area contributed by atoms with E-state index in [0.717, 1.165) is 16.7 Å². The van der Waals surface area contributed by atoms with Crippen LogP contribution in [0.1, 0.15) is 36.8 Å². The van der Waals surface area contributed by atoms with Crippen molar-refractivity contribution in [3.8, 4) is 11.5 Å². The highest BCUT2D eigenvalue weighted by molar-refractivity contribution is 5.91. The highest BCUT2D eigenvalue weighted by Crippen LogP contribution is 2.46. The molecule has 1 unspecified atom stereocenters. The molecule has 3 aromatic carbocycles. The maximum absolute atomic E-state index is 13.1. The molecule has 1 fully saturated rings. The normalized spacial score (nSPS) is 18.9. The molecule has 52 heavy (non-hydrogen) atoms. The van der Waals surface area contributed by atoms with E-state index in [1.54, 1.807) is 39.7 Å². The molecule has 5 aromatic rings. The van der Waals surface area contributed by atoms with Crippen LogP contribution in [0.4, 0.5) is 5.95 Å². The fourth-order valence-electron chi connectivity index (χ4n) is 6.33. The summed E-state index contributed by atoms with van der Waals surface area (Å²) >= 11 is 0. The van der Waals surface area contributed by atoms with E-state index in [-0.39, 0.29) is 42.2 Å². The van der Waals surface area contributed by atoms with Crippen molar-refractivity contribution in [3.05, 3.63) is 112 Å². The van der Waals surface area contributed by atoms with E-state index in [1.807, 2.05) is 78.9 Å². The predicted octanol–water partition coefficient (Wildman–Crippen LogP) is 4.03. The summed E-state index contributed by atoms with van der Waals surface area (Å²) in [5.41, 5.74) is 0.685. The van der Waals surface area contributed by atoms with Gasteiger partial charge < -0.3 is 33.5 Å². The standard InChI is InChI=1S/C38H43N5O9/c1-23(2)34(45)41-37-40-33-30(35(46)42-37)39-22-43(33)36-32(50-20-19-47-3)31(29(21-44)51-36)52-38(24-9-7-6-8-10-24,25-11-15-27(48-4)16-12-25)26-13-17-28(49-5)18-14-26/h6-18,22-23,29,31-32,36,44H,19-21H2,1-5H3,(H2,40,41,42,45,46)/t29-,31+,32?,36-/m1/s1. The predicted molar refractivity (Wildman–Crippen MR) is 191 cm³/mol. The second-order valence-electron chi connectivity index (χ2n) is 12.5. The number of imidazole rings is 1. The molecule has 0 aliphatic carbocycles. The van der Waals surface area contributed by atoms with Crippen LogP contribution < -0.4 is 20.3 Å². The van der Waals surface area contributed by atoms with E-state index >= 15 is 0 Å². The lowest BCUT2D eigenvalue weighted by Crippen LogP contribution is -2.46. The van der Waals surface area contributed by atoms with Crippen molar-refractivity contribution < 1.29 is 38.3 Å². The first-order valence-electron chi connectivity index (χ1n) is 16.9. The fraction of sp³-hybridized carbons (Fsp3) is 0.368. The Morgan fingerprint density at radius 3 is 2.10 bits per heavy atom. The Balaban J connectivity index is 1.52. The molecule has 4 atom stereocenters. The van der Waals surface area contributed by atoms with Crippen molar-refractivity contribution in [2.24, 2.45) is 5.92 Å². The highest BCUT2D eigenvalue weighted by Gasteiger charge is 2.52. The molecule has 3 N–H and O–H groups in total. The Hall–Kier alpha value is -5.12. The van der Waals surface area contributed by atoms with Crippen LogP contribution in [0.5, 0.6) is 11.5 Å². The number of aliphatic hydroxyl groups is 1. The van der Waals surface area contributed by atoms with Gasteiger partial charge in [0.15, 0.2) is 17.4 Å². The van der Waals surface area contributed by atoms with E-state index in [0.29, 0.717) is 11.5 Å². The molecule has 0 saturated carbocycles. The molecule has 1 aliphatic rings. The highest BCUT2D eigenvalue weighted by atomic mass is 16.6. The average molecular weight is 714 g/mol. The number of amides is 1. The number of carbonyl (C=O) groups excluding carboxylic acids is 1. The third-order valence-electron chi connectivity index (χ3n) is 9.02. The average Bonchev–Trinajstić information content (AvgIpc) is 3.75. The number of methoxy groups -OCH3 is 3. The summed E-state index contributed by atoms with van der Waals surface area (Å²) in [5.74, 6) is 0.609. The maximum atomic E-state index is 13.1. The number of aromatic amines is 1. The lowest BCUT2D eigenvalue weighted by atomic mass is 9.79. The zero-order valence-electron chi connectivity index (χ0n) is 29.6. The first-order chi connectivity index (χ1) is 25.2. The summed E-state index contributed by atoms with van der Waals surface area (Å²) in [4.78, 5) is 37.1. The van der Waals surface area contributed by atoms with Gasteiger partial charge in [-0.15, -0.1) is 0 Å². The molecule has 1 saturated heterocycles. The minimum atomic E-state index is -1.28. The van der Waals surface area contributed by atoms with Crippen molar-refractivity contribution in [1.82, 2.24) is 19.5 Å². The van der Waals surface area contributed by atoms with E-state index in [2.05, 4.69) is 20.3 Å². The zero-order chi connectivity index (χ0) is 36.8. The molecule has 14 heteroatoms. The van der Waals surface area contributed by atoms with E-state index in [4.69, 9.17) is 28.4 Å².